The van der Waals surface area contributed by atoms with E-state index in [2.05, 4.69) is 20.9 Å². The molecule has 1 aromatic heterocycles. The zero-order valence-electron chi connectivity index (χ0n) is 7.94. The largest absolute Gasteiger partial charge is 0.397 e. The monoisotopic (exact) mass is 263 g/mol. The third-order valence-corrected chi connectivity index (χ3v) is 2.53. The smallest absolute Gasteiger partial charge is 0.0933 e. The van der Waals surface area contributed by atoms with E-state index in [9.17, 15) is 0 Å². The molecule has 2 rings (SSSR count). The molecule has 0 saturated carbocycles. The van der Waals surface area contributed by atoms with Crippen LogP contribution in [0.3, 0.4) is 0 Å². The van der Waals surface area contributed by atoms with E-state index in [1.807, 2.05) is 24.3 Å². The summed E-state index contributed by atoms with van der Waals surface area (Å²) in [6.07, 6.45) is 1.60. The molecule has 0 spiro atoms. The van der Waals surface area contributed by atoms with E-state index >= 15 is 0 Å². The van der Waals surface area contributed by atoms with Gasteiger partial charge in [-0.3, -0.25) is 4.98 Å². The Bertz CT molecular complexity index is 497. The van der Waals surface area contributed by atoms with Gasteiger partial charge in [0.2, 0.25) is 0 Å². The average molecular weight is 264 g/mol. The van der Waals surface area contributed by atoms with Crippen molar-refractivity contribution in [2.75, 3.05) is 11.5 Å². The number of pyridine rings is 1. The highest BCUT2D eigenvalue weighted by molar-refractivity contribution is 9.10. The maximum atomic E-state index is 5.85. The molecule has 4 heteroatoms. The number of halogens is 1. The lowest BCUT2D eigenvalue weighted by Crippen LogP contribution is -1.96. The number of hydrogen-bond donors (Lipinski definition) is 2. The van der Waals surface area contributed by atoms with E-state index in [0.29, 0.717) is 11.4 Å². The van der Waals surface area contributed by atoms with Crippen LogP contribution in [0.1, 0.15) is 0 Å². The van der Waals surface area contributed by atoms with Crippen LogP contribution in [0.25, 0.3) is 11.3 Å². The fourth-order valence-electron chi connectivity index (χ4n) is 1.38. The summed E-state index contributed by atoms with van der Waals surface area (Å²) < 4.78 is 0.998. The molecule has 0 atom stereocenters. The van der Waals surface area contributed by atoms with Crippen molar-refractivity contribution < 1.29 is 0 Å². The van der Waals surface area contributed by atoms with Crippen molar-refractivity contribution in [3.8, 4) is 11.3 Å². The topological polar surface area (TPSA) is 64.9 Å². The third kappa shape index (κ3) is 2.10. The van der Waals surface area contributed by atoms with Crippen LogP contribution in [-0.4, -0.2) is 4.98 Å². The Balaban J connectivity index is 2.54. The van der Waals surface area contributed by atoms with Crippen LogP contribution in [0.15, 0.2) is 41.0 Å². The van der Waals surface area contributed by atoms with Crippen LogP contribution in [0.4, 0.5) is 11.4 Å². The van der Waals surface area contributed by atoms with Gasteiger partial charge in [0.1, 0.15) is 0 Å². The summed E-state index contributed by atoms with van der Waals surface area (Å²) in [5.74, 6) is 0. The van der Waals surface area contributed by atoms with E-state index in [1.165, 1.54) is 0 Å². The van der Waals surface area contributed by atoms with E-state index < -0.39 is 0 Å². The van der Waals surface area contributed by atoms with E-state index in [0.717, 1.165) is 15.7 Å². The molecule has 0 fully saturated rings. The lowest BCUT2D eigenvalue weighted by atomic mass is 10.1. The minimum Gasteiger partial charge on any atom is -0.397 e. The van der Waals surface area contributed by atoms with Crippen LogP contribution < -0.4 is 11.5 Å². The number of rotatable bonds is 1. The molecule has 4 N–H and O–H groups in total. The molecule has 0 amide bonds. The van der Waals surface area contributed by atoms with Gasteiger partial charge < -0.3 is 11.5 Å². The quantitative estimate of drug-likeness (QED) is 0.832. The van der Waals surface area contributed by atoms with Crippen LogP contribution in [0, 0.1) is 0 Å². The second kappa shape index (κ2) is 3.90. The second-order valence-corrected chi connectivity index (χ2v) is 4.13. The van der Waals surface area contributed by atoms with Gasteiger partial charge in [0.15, 0.2) is 0 Å². The van der Waals surface area contributed by atoms with Gasteiger partial charge in [-0.15, -0.1) is 0 Å². The SMILES string of the molecule is Nc1cnc(-c2cccc(Br)c2)c(N)c1. The Morgan fingerprint density at radius 2 is 1.93 bits per heavy atom. The lowest BCUT2D eigenvalue weighted by molar-refractivity contribution is 1.33. The average Bonchev–Trinajstić information content (AvgIpc) is 2.17. The summed E-state index contributed by atoms with van der Waals surface area (Å²) >= 11 is 3.41. The van der Waals surface area contributed by atoms with Crippen molar-refractivity contribution in [2.24, 2.45) is 0 Å². The predicted molar refractivity (Wildman–Crippen MR) is 66.2 cm³/mol. The van der Waals surface area contributed by atoms with E-state index in [-0.39, 0.29) is 0 Å². The van der Waals surface area contributed by atoms with Gasteiger partial charge >= 0.3 is 0 Å². The first-order chi connectivity index (χ1) is 7.16. The first kappa shape index (κ1) is 9.98. The van der Waals surface area contributed by atoms with Crippen molar-refractivity contribution in [1.29, 1.82) is 0 Å². The van der Waals surface area contributed by atoms with Gasteiger partial charge in [0.25, 0.3) is 0 Å². The Hall–Kier alpha value is -1.55. The highest BCUT2D eigenvalue weighted by Crippen LogP contribution is 2.26. The Morgan fingerprint density at radius 3 is 2.60 bits per heavy atom. The van der Waals surface area contributed by atoms with Crippen LogP contribution in [0.2, 0.25) is 0 Å². The molecular weight excluding hydrogens is 254 g/mol. The lowest BCUT2D eigenvalue weighted by Gasteiger charge is -2.05. The Labute approximate surface area is 96.3 Å². The van der Waals surface area contributed by atoms with E-state index in [1.54, 1.807) is 12.3 Å². The summed E-state index contributed by atoms with van der Waals surface area (Å²) in [4.78, 5) is 4.22. The maximum Gasteiger partial charge on any atom is 0.0933 e. The number of benzene rings is 1. The molecule has 0 aliphatic rings. The number of nitrogens with zero attached hydrogens (tertiary/aromatic N) is 1. The molecular formula is C11H10BrN3. The minimum atomic E-state index is 0.575. The molecule has 0 bridgehead atoms. The van der Waals surface area contributed by atoms with Crippen LogP contribution >= 0.6 is 15.9 Å². The number of nitrogens with two attached hydrogens (primary N) is 2. The summed E-state index contributed by atoms with van der Waals surface area (Å²) in [7, 11) is 0. The van der Waals surface area contributed by atoms with Crippen LogP contribution in [-0.2, 0) is 0 Å². The predicted octanol–water partition coefficient (Wildman–Crippen LogP) is 2.68. The number of hydrogen-bond acceptors (Lipinski definition) is 3. The highest BCUT2D eigenvalue weighted by Gasteiger charge is 2.04. The number of nitrogen functional groups attached to an aromatic ring is 2. The molecule has 2 aromatic rings. The Morgan fingerprint density at radius 1 is 1.13 bits per heavy atom. The normalized spacial score (nSPS) is 10.2. The standard InChI is InChI=1S/C11H10BrN3/c12-8-3-1-2-7(4-8)11-10(14)5-9(13)6-15-11/h1-6H,13-14H2. The van der Waals surface area contributed by atoms with Crippen molar-refractivity contribution in [3.63, 3.8) is 0 Å². The molecule has 0 radical (unpaired) electrons. The zero-order chi connectivity index (χ0) is 10.8. The minimum absolute atomic E-state index is 0.575. The molecule has 0 unspecified atom stereocenters. The fourth-order valence-corrected chi connectivity index (χ4v) is 1.78. The van der Waals surface area contributed by atoms with Gasteiger partial charge in [-0.05, 0) is 18.2 Å². The first-order valence-electron chi connectivity index (χ1n) is 4.44. The molecule has 0 aliphatic carbocycles. The molecule has 1 heterocycles. The van der Waals surface area contributed by atoms with Crippen molar-refractivity contribution >= 4 is 27.3 Å². The second-order valence-electron chi connectivity index (χ2n) is 3.22. The molecule has 1 aromatic carbocycles. The van der Waals surface area contributed by atoms with Crippen LogP contribution in [0.5, 0.6) is 0 Å². The van der Waals surface area contributed by atoms with Gasteiger partial charge in [-0.25, -0.2) is 0 Å². The summed E-state index contributed by atoms with van der Waals surface area (Å²) in [5.41, 5.74) is 14.3. The molecule has 76 valence electrons. The summed E-state index contributed by atoms with van der Waals surface area (Å²) in [6.45, 7) is 0. The highest BCUT2D eigenvalue weighted by atomic mass is 79.9. The summed E-state index contributed by atoms with van der Waals surface area (Å²) in [6, 6.07) is 9.53. The first-order valence-corrected chi connectivity index (χ1v) is 5.23. The maximum absolute atomic E-state index is 5.85. The summed E-state index contributed by atoms with van der Waals surface area (Å²) in [5, 5.41) is 0. The van der Waals surface area contributed by atoms with Gasteiger partial charge in [0.05, 0.1) is 23.3 Å². The molecule has 3 nitrogen and oxygen atoms in total. The molecule has 0 saturated heterocycles. The number of aromatic nitrogens is 1. The fraction of sp³-hybridized carbons (Fsp3) is 0. The van der Waals surface area contributed by atoms with Gasteiger partial charge in [-0.1, -0.05) is 28.1 Å². The number of anilines is 2. The van der Waals surface area contributed by atoms with Crippen molar-refractivity contribution in [2.45, 2.75) is 0 Å². The van der Waals surface area contributed by atoms with Crippen molar-refractivity contribution in [3.05, 3.63) is 41.0 Å². The third-order valence-electron chi connectivity index (χ3n) is 2.04. The van der Waals surface area contributed by atoms with E-state index in [4.69, 9.17) is 11.5 Å². The molecule has 0 aliphatic heterocycles. The van der Waals surface area contributed by atoms with Gasteiger partial charge in [-0.2, -0.15) is 0 Å². The van der Waals surface area contributed by atoms with Crippen molar-refractivity contribution in [1.82, 2.24) is 4.98 Å². The van der Waals surface area contributed by atoms with Gasteiger partial charge in [0, 0.05) is 10.0 Å². The molecule has 15 heavy (non-hydrogen) atoms. The zero-order valence-corrected chi connectivity index (χ0v) is 9.53. The Kier molecular flexibility index (Phi) is 2.60.